The lowest BCUT2D eigenvalue weighted by Crippen LogP contribution is -2.05. The molecule has 2 aromatic rings. The maximum Gasteiger partial charge on any atom is 0.193 e. The lowest BCUT2D eigenvalue weighted by Gasteiger charge is -2.06. The summed E-state index contributed by atoms with van der Waals surface area (Å²) in [6.45, 7) is 0. The molecule has 0 saturated carbocycles. The molecular formula is C9H9ClN2O2. The molecule has 1 atom stereocenters. The van der Waals surface area contributed by atoms with Crippen LogP contribution in [0.1, 0.15) is 17.7 Å². The van der Waals surface area contributed by atoms with Gasteiger partial charge in [0.05, 0.1) is 0 Å². The van der Waals surface area contributed by atoms with E-state index in [1.165, 1.54) is 0 Å². The van der Waals surface area contributed by atoms with E-state index < -0.39 is 6.10 Å². The van der Waals surface area contributed by atoms with Crippen molar-refractivity contribution in [1.82, 2.24) is 9.55 Å². The summed E-state index contributed by atoms with van der Waals surface area (Å²) in [6.07, 6.45) is 2.49. The monoisotopic (exact) mass is 212 g/mol. The van der Waals surface area contributed by atoms with Gasteiger partial charge in [-0.1, -0.05) is 0 Å². The summed E-state index contributed by atoms with van der Waals surface area (Å²) in [4.78, 5) is 4.01. The normalized spacial score (nSPS) is 13.1. The van der Waals surface area contributed by atoms with Crippen molar-refractivity contribution in [3.8, 4) is 0 Å². The van der Waals surface area contributed by atoms with Crippen LogP contribution in [0, 0.1) is 0 Å². The minimum absolute atomic E-state index is 0.258. The Morgan fingerprint density at radius 1 is 1.57 bits per heavy atom. The van der Waals surface area contributed by atoms with Gasteiger partial charge in [0.1, 0.15) is 11.6 Å². The number of hydrogen-bond acceptors (Lipinski definition) is 3. The Morgan fingerprint density at radius 3 is 2.86 bits per heavy atom. The van der Waals surface area contributed by atoms with Crippen LogP contribution < -0.4 is 0 Å². The second-order valence-corrected chi connectivity index (χ2v) is 3.31. The molecule has 14 heavy (non-hydrogen) atoms. The molecule has 0 radical (unpaired) electrons. The number of furan rings is 1. The Kier molecular flexibility index (Phi) is 2.31. The maximum atomic E-state index is 9.84. The molecule has 0 fully saturated rings. The SMILES string of the molecule is Cn1ccnc1C(O)c1ccc(Cl)o1. The fraction of sp³-hybridized carbons (Fsp3) is 0.222. The fourth-order valence-electron chi connectivity index (χ4n) is 1.24. The van der Waals surface area contributed by atoms with Crippen LogP contribution in [-0.4, -0.2) is 14.7 Å². The zero-order chi connectivity index (χ0) is 10.1. The number of halogens is 1. The van der Waals surface area contributed by atoms with Gasteiger partial charge in [0.15, 0.2) is 11.3 Å². The first-order chi connectivity index (χ1) is 6.68. The first-order valence-corrected chi connectivity index (χ1v) is 4.47. The molecule has 0 saturated heterocycles. The molecule has 0 amide bonds. The van der Waals surface area contributed by atoms with Crippen molar-refractivity contribution in [1.29, 1.82) is 0 Å². The summed E-state index contributed by atoms with van der Waals surface area (Å²) in [6, 6.07) is 3.21. The summed E-state index contributed by atoms with van der Waals surface area (Å²) in [5.41, 5.74) is 0. The second kappa shape index (κ2) is 3.48. The number of hydrogen-bond donors (Lipinski definition) is 1. The van der Waals surface area contributed by atoms with Crippen LogP contribution in [0.2, 0.25) is 5.22 Å². The van der Waals surface area contributed by atoms with Gasteiger partial charge in [-0.05, 0) is 23.7 Å². The van der Waals surface area contributed by atoms with E-state index in [0.717, 1.165) is 0 Å². The molecule has 0 aliphatic rings. The van der Waals surface area contributed by atoms with Crippen LogP contribution >= 0.6 is 11.6 Å². The van der Waals surface area contributed by atoms with E-state index in [9.17, 15) is 5.11 Å². The number of aliphatic hydroxyl groups is 1. The van der Waals surface area contributed by atoms with Crippen LogP contribution in [-0.2, 0) is 7.05 Å². The maximum absolute atomic E-state index is 9.84. The molecule has 1 unspecified atom stereocenters. The number of aliphatic hydroxyl groups excluding tert-OH is 1. The minimum Gasteiger partial charge on any atom is -0.446 e. The highest BCUT2D eigenvalue weighted by atomic mass is 35.5. The third-order valence-electron chi connectivity index (χ3n) is 1.97. The standard InChI is InChI=1S/C9H9ClN2O2/c1-12-5-4-11-9(12)8(13)6-2-3-7(10)14-6/h2-5,8,13H,1H3. The summed E-state index contributed by atoms with van der Waals surface area (Å²) in [5.74, 6) is 0.917. The first-order valence-electron chi connectivity index (χ1n) is 4.09. The summed E-state index contributed by atoms with van der Waals surface area (Å²) in [5, 5.41) is 10.1. The van der Waals surface area contributed by atoms with Gasteiger partial charge in [-0.15, -0.1) is 0 Å². The fourth-order valence-corrected chi connectivity index (χ4v) is 1.40. The average Bonchev–Trinajstić information content (AvgIpc) is 2.73. The Morgan fingerprint density at radius 2 is 2.36 bits per heavy atom. The zero-order valence-electron chi connectivity index (χ0n) is 7.51. The van der Waals surface area contributed by atoms with Gasteiger partial charge in [-0.25, -0.2) is 4.98 Å². The van der Waals surface area contributed by atoms with Crippen LogP contribution in [0.5, 0.6) is 0 Å². The van der Waals surface area contributed by atoms with Crippen LogP contribution in [0.15, 0.2) is 28.9 Å². The van der Waals surface area contributed by atoms with E-state index >= 15 is 0 Å². The van der Waals surface area contributed by atoms with Crippen LogP contribution in [0.25, 0.3) is 0 Å². The number of rotatable bonds is 2. The topological polar surface area (TPSA) is 51.2 Å². The lowest BCUT2D eigenvalue weighted by atomic mass is 10.2. The minimum atomic E-state index is -0.873. The molecule has 0 aromatic carbocycles. The molecule has 0 bridgehead atoms. The van der Waals surface area contributed by atoms with E-state index in [1.807, 2.05) is 0 Å². The Labute approximate surface area is 85.7 Å². The molecule has 5 heteroatoms. The van der Waals surface area contributed by atoms with Crippen molar-refractivity contribution in [2.45, 2.75) is 6.10 Å². The van der Waals surface area contributed by atoms with Crippen LogP contribution in [0.3, 0.4) is 0 Å². The number of nitrogens with zero attached hydrogens (tertiary/aromatic N) is 2. The van der Waals surface area contributed by atoms with Gasteiger partial charge in [0, 0.05) is 19.4 Å². The largest absolute Gasteiger partial charge is 0.446 e. The van der Waals surface area contributed by atoms with Crippen molar-refractivity contribution in [3.63, 3.8) is 0 Å². The van der Waals surface area contributed by atoms with E-state index in [-0.39, 0.29) is 5.22 Å². The molecule has 0 aliphatic carbocycles. The summed E-state index contributed by atoms with van der Waals surface area (Å²) >= 11 is 5.60. The predicted molar refractivity (Wildman–Crippen MR) is 51.0 cm³/mol. The van der Waals surface area contributed by atoms with Gasteiger partial charge < -0.3 is 14.1 Å². The highest BCUT2D eigenvalue weighted by Crippen LogP contribution is 2.24. The summed E-state index contributed by atoms with van der Waals surface area (Å²) in [7, 11) is 1.80. The van der Waals surface area contributed by atoms with Gasteiger partial charge in [-0.3, -0.25) is 0 Å². The van der Waals surface area contributed by atoms with E-state index in [2.05, 4.69) is 4.98 Å². The summed E-state index contributed by atoms with van der Waals surface area (Å²) < 4.78 is 6.81. The second-order valence-electron chi connectivity index (χ2n) is 2.94. The van der Waals surface area contributed by atoms with Crippen molar-refractivity contribution in [2.24, 2.45) is 7.05 Å². The molecule has 1 N–H and O–H groups in total. The Bertz CT molecular complexity index is 435. The third-order valence-corrected chi connectivity index (χ3v) is 2.17. The van der Waals surface area contributed by atoms with Gasteiger partial charge in [0.2, 0.25) is 0 Å². The lowest BCUT2D eigenvalue weighted by molar-refractivity contribution is 0.177. The average molecular weight is 213 g/mol. The molecule has 2 rings (SSSR count). The predicted octanol–water partition coefficient (Wildman–Crippen LogP) is 1.75. The Hall–Kier alpha value is -1.26. The van der Waals surface area contributed by atoms with Gasteiger partial charge in [-0.2, -0.15) is 0 Å². The number of aryl methyl sites for hydroxylation is 1. The molecule has 4 nitrogen and oxygen atoms in total. The van der Waals surface area contributed by atoms with E-state index in [4.69, 9.17) is 16.0 Å². The number of imidazole rings is 1. The highest BCUT2D eigenvalue weighted by molar-refractivity contribution is 6.28. The van der Waals surface area contributed by atoms with Crippen molar-refractivity contribution in [3.05, 3.63) is 41.3 Å². The van der Waals surface area contributed by atoms with Crippen molar-refractivity contribution in [2.75, 3.05) is 0 Å². The zero-order valence-corrected chi connectivity index (χ0v) is 8.27. The molecule has 2 aromatic heterocycles. The van der Waals surface area contributed by atoms with Crippen molar-refractivity contribution >= 4 is 11.6 Å². The van der Waals surface area contributed by atoms with E-state index in [0.29, 0.717) is 11.6 Å². The quantitative estimate of drug-likeness (QED) is 0.825. The smallest absolute Gasteiger partial charge is 0.193 e. The number of aromatic nitrogens is 2. The van der Waals surface area contributed by atoms with Crippen molar-refractivity contribution < 1.29 is 9.52 Å². The molecule has 2 heterocycles. The van der Waals surface area contributed by atoms with Gasteiger partial charge >= 0.3 is 0 Å². The highest BCUT2D eigenvalue weighted by Gasteiger charge is 2.18. The first kappa shape index (κ1) is 9.30. The molecule has 0 aliphatic heterocycles. The molecular weight excluding hydrogens is 204 g/mol. The molecule has 74 valence electrons. The third kappa shape index (κ3) is 1.54. The van der Waals surface area contributed by atoms with Crippen LogP contribution in [0.4, 0.5) is 0 Å². The van der Waals surface area contributed by atoms with E-state index in [1.54, 1.807) is 36.1 Å². The van der Waals surface area contributed by atoms with Gasteiger partial charge in [0.25, 0.3) is 0 Å². The Balaban J connectivity index is 2.33. The molecule has 0 spiro atoms.